The first-order valence-electron chi connectivity index (χ1n) is 9.47. The van der Waals surface area contributed by atoms with E-state index < -0.39 is 11.8 Å². The molecular weight excluding hydrogens is 429 g/mol. The molecule has 7 nitrogen and oxygen atoms in total. The highest BCUT2D eigenvalue weighted by atomic mass is 35.5. The SMILES string of the molecule is C[C@H]1CN(c2ccc(Cl)c(Cl)c2)CCN1C(=O)C(=O)Nc1ccc2c(c1)OC(=O)C2. The molecule has 9 heteroatoms. The first-order chi connectivity index (χ1) is 14.3. The molecule has 2 heterocycles. The maximum absolute atomic E-state index is 12.7. The minimum Gasteiger partial charge on any atom is -0.426 e. The molecule has 30 heavy (non-hydrogen) atoms. The van der Waals surface area contributed by atoms with E-state index in [1.54, 1.807) is 35.2 Å². The largest absolute Gasteiger partial charge is 0.426 e. The Morgan fingerprint density at radius 3 is 2.63 bits per heavy atom. The summed E-state index contributed by atoms with van der Waals surface area (Å²) in [6.45, 7) is 3.42. The molecule has 0 bridgehead atoms. The number of carbonyl (C=O) groups is 3. The lowest BCUT2D eigenvalue weighted by molar-refractivity contribution is -0.144. The molecule has 2 aliphatic heterocycles. The van der Waals surface area contributed by atoms with Crippen molar-refractivity contribution in [2.45, 2.75) is 19.4 Å². The number of esters is 1. The number of rotatable bonds is 2. The van der Waals surface area contributed by atoms with Gasteiger partial charge in [0.25, 0.3) is 0 Å². The Balaban J connectivity index is 1.39. The molecule has 1 atom stereocenters. The topological polar surface area (TPSA) is 79.0 Å². The van der Waals surface area contributed by atoms with Gasteiger partial charge in [-0.1, -0.05) is 29.3 Å². The number of nitrogens with one attached hydrogen (secondary N) is 1. The number of amides is 2. The molecule has 0 saturated carbocycles. The first kappa shape index (κ1) is 20.5. The second-order valence-corrected chi connectivity index (χ2v) is 8.13. The fraction of sp³-hybridized carbons (Fsp3) is 0.286. The van der Waals surface area contributed by atoms with Gasteiger partial charge >= 0.3 is 17.8 Å². The van der Waals surface area contributed by atoms with Gasteiger partial charge in [0.15, 0.2) is 0 Å². The van der Waals surface area contributed by atoms with E-state index in [9.17, 15) is 14.4 Å². The normalized spacial score (nSPS) is 18.1. The van der Waals surface area contributed by atoms with Crippen LogP contribution in [0.2, 0.25) is 10.0 Å². The Morgan fingerprint density at radius 1 is 1.10 bits per heavy atom. The van der Waals surface area contributed by atoms with Gasteiger partial charge in [-0.2, -0.15) is 0 Å². The summed E-state index contributed by atoms with van der Waals surface area (Å²) in [5, 5.41) is 3.55. The highest BCUT2D eigenvalue weighted by Gasteiger charge is 2.31. The number of halogens is 2. The van der Waals surface area contributed by atoms with E-state index in [0.717, 1.165) is 11.3 Å². The quantitative estimate of drug-likeness (QED) is 0.434. The van der Waals surface area contributed by atoms with Gasteiger partial charge in [0.05, 0.1) is 16.5 Å². The molecule has 2 aliphatic rings. The van der Waals surface area contributed by atoms with Crippen molar-refractivity contribution in [3.63, 3.8) is 0 Å². The van der Waals surface area contributed by atoms with Crippen molar-refractivity contribution in [1.29, 1.82) is 0 Å². The molecular formula is C21H19Cl2N3O4. The number of nitrogens with zero attached hydrogens (tertiary/aromatic N) is 2. The molecule has 0 aromatic heterocycles. The molecule has 1 saturated heterocycles. The summed E-state index contributed by atoms with van der Waals surface area (Å²) in [5.74, 6) is -1.25. The zero-order valence-electron chi connectivity index (χ0n) is 16.2. The van der Waals surface area contributed by atoms with Crippen LogP contribution in [0.4, 0.5) is 11.4 Å². The molecule has 2 aromatic carbocycles. The van der Waals surface area contributed by atoms with Crippen molar-refractivity contribution < 1.29 is 19.1 Å². The average molecular weight is 448 g/mol. The van der Waals surface area contributed by atoms with Crippen LogP contribution in [0.5, 0.6) is 5.75 Å². The van der Waals surface area contributed by atoms with E-state index in [2.05, 4.69) is 10.2 Å². The smallest absolute Gasteiger partial charge is 0.315 e. The fourth-order valence-corrected chi connectivity index (χ4v) is 3.97. The third-order valence-corrected chi connectivity index (χ3v) is 5.97. The number of anilines is 2. The Morgan fingerprint density at radius 2 is 1.90 bits per heavy atom. The summed E-state index contributed by atoms with van der Waals surface area (Å²) in [7, 11) is 0. The van der Waals surface area contributed by atoms with Gasteiger partial charge in [-0.25, -0.2) is 0 Å². The maximum Gasteiger partial charge on any atom is 0.315 e. The molecule has 156 valence electrons. The van der Waals surface area contributed by atoms with Crippen LogP contribution in [0, 0.1) is 0 Å². The van der Waals surface area contributed by atoms with Crippen LogP contribution in [-0.4, -0.2) is 48.4 Å². The summed E-state index contributed by atoms with van der Waals surface area (Å²) in [5.41, 5.74) is 2.08. The van der Waals surface area contributed by atoms with Crippen LogP contribution in [0.15, 0.2) is 36.4 Å². The predicted molar refractivity (Wildman–Crippen MR) is 114 cm³/mol. The van der Waals surface area contributed by atoms with Gasteiger partial charge in [0, 0.05) is 48.7 Å². The van der Waals surface area contributed by atoms with E-state index in [-0.39, 0.29) is 18.4 Å². The van der Waals surface area contributed by atoms with E-state index in [4.69, 9.17) is 27.9 Å². The average Bonchev–Trinajstić information content (AvgIpc) is 3.08. The standard InChI is InChI=1S/C21H19Cl2N3O4/c1-12-11-25(15-4-5-16(22)17(23)10-15)6-7-26(12)21(29)20(28)24-14-3-2-13-8-19(27)30-18(13)9-14/h2-5,9-10,12H,6-8,11H2,1H3,(H,24,28)/t12-/m0/s1. The van der Waals surface area contributed by atoms with Crippen LogP contribution in [0.3, 0.4) is 0 Å². The van der Waals surface area contributed by atoms with Crippen molar-refractivity contribution in [1.82, 2.24) is 4.90 Å². The number of fused-ring (bicyclic) bond motifs is 1. The Bertz CT molecular complexity index is 1040. The Labute approximate surface area is 183 Å². The lowest BCUT2D eigenvalue weighted by Crippen LogP contribution is -2.56. The van der Waals surface area contributed by atoms with Crippen LogP contribution >= 0.6 is 23.2 Å². The second-order valence-electron chi connectivity index (χ2n) is 7.32. The highest BCUT2D eigenvalue weighted by molar-refractivity contribution is 6.42. The maximum atomic E-state index is 12.7. The van der Waals surface area contributed by atoms with Crippen molar-refractivity contribution in [2.75, 3.05) is 29.9 Å². The van der Waals surface area contributed by atoms with Gasteiger partial charge in [0.2, 0.25) is 0 Å². The molecule has 0 aliphatic carbocycles. The Hall–Kier alpha value is -2.77. The summed E-state index contributed by atoms with van der Waals surface area (Å²) < 4.78 is 5.08. The van der Waals surface area contributed by atoms with Crippen LogP contribution in [-0.2, 0) is 20.8 Å². The van der Waals surface area contributed by atoms with E-state index in [0.29, 0.717) is 41.1 Å². The van der Waals surface area contributed by atoms with Crippen LogP contribution < -0.4 is 15.0 Å². The monoisotopic (exact) mass is 447 g/mol. The highest BCUT2D eigenvalue weighted by Crippen LogP contribution is 2.30. The van der Waals surface area contributed by atoms with Crippen molar-refractivity contribution in [2.24, 2.45) is 0 Å². The van der Waals surface area contributed by atoms with Gasteiger partial charge in [-0.15, -0.1) is 0 Å². The van der Waals surface area contributed by atoms with Crippen LogP contribution in [0.1, 0.15) is 12.5 Å². The molecule has 2 aromatic rings. The lowest BCUT2D eigenvalue weighted by atomic mass is 10.1. The van der Waals surface area contributed by atoms with Crippen LogP contribution in [0.25, 0.3) is 0 Å². The zero-order valence-corrected chi connectivity index (χ0v) is 17.7. The van der Waals surface area contributed by atoms with Crippen molar-refractivity contribution >= 4 is 52.4 Å². The minimum absolute atomic E-state index is 0.174. The molecule has 0 unspecified atom stereocenters. The molecule has 1 fully saturated rings. The summed E-state index contributed by atoms with van der Waals surface area (Å²) in [6, 6.07) is 10.1. The number of carbonyl (C=O) groups excluding carboxylic acids is 3. The minimum atomic E-state index is -0.728. The lowest BCUT2D eigenvalue weighted by Gasteiger charge is -2.40. The van der Waals surface area contributed by atoms with Gasteiger partial charge in [0.1, 0.15) is 5.75 Å². The number of piperazine rings is 1. The number of hydrogen-bond donors (Lipinski definition) is 1. The fourth-order valence-electron chi connectivity index (χ4n) is 3.68. The summed E-state index contributed by atoms with van der Waals surface area (Å²) >= 11 is 12.1. The summed E-state index contributed by atoms with van der Waals surface area (Å²) in [6.07, 6.45) is 0.211. The number of ether oxygens (including phenoxy) is 1. The third kappa shape index (κ3) is 4.08. The van der Waals surface area contributed by atoms with Gasteiger partial charge in [-0.3, -0.25) is 14.4 Å². The molecule has 4 rings (SSSR count). The molecule has 0 spiro atoms. The van der Waals surface area contributed by atoms with E-state index in [1.165, 1.54) is 0 Å². The molecule has 0 radical (unpaired) electrons. The molecule has 2 amide bonds. The molecule has 1 N–H and O–H groups in total. The summed E-state index contributed by atoms with van der Waals surface area (Å²) in [4.78, 5) is 40.2. The van der Waals surface area contributed by atoms with E-state index >= 15 is 0 Å². The van der Waals surface area contributed by atoms with Crippen molar-refractivity contribution in [3.05, 3.63) is 52.0 Å². The first-order valence-corrected chi connectivity index (χ1v) is 10.2. The van der Waals surface area contributed by atoms with Gasteiger partial charge in [-0.05, 0) is 31.2 Å². The number of benzene rings is 2. The van der Waals surface area contributed by atoms with Gasteiger partial charge < -0.3 is 19.9 Å². The second kappa shape index (κ2) is 8.16. The van der Waals surface area contributed by atoms with E-state index in [1.807, 2.05) is 13.0 Å². The number of hydrogen-bond acceptors (Lipinski definition) is 5. The third-order valence-electron chi connectivity index (χ3n) is 5.23. The van der Waals surface area contributed by atoms with Crippen molar-refractivity contribution in [3.8, 4) is 5.75 Å². The Kier molecular flexibility index (Phi) is 5.58. The predicted octanol–water partition coefficient (Wildman–Crippen LogP) is 3.13. The zero-order chi connectivity index (χ0) is 21.4.